The van der Waals surface area contributed by atoms with Gasteiger partial charge in [0, 0.05) is 24.7 Å². The first kappa shape index (κ1) is 23.4. The number of hydrogen-bond donors (Lipinski definition) is 1. The Morgan fingerprint density at radius 2 is 1.72 bits per heavy atom. The Hall–Kier alpha value is -3.23. The van der Waals surface area contributed by atoms with Crippen molar-refractivity contribution < 1.29 is 22.3 Å². The van der Waals surface area contributed by atoms with Crippen LogP contribution in [0.2, 0.25) is 0 Å². The van der Waals surface area contributed by atoms with Crippen molar-refractivity contribution >= 4 is 15.9 Å². The SMILES string of the molecule is COc1ccc(C(=O)NC(C)c2ccc(F)cc2)cc1CN(C)S(=O)(=O)c1ccccc1. The van der Waals surface area contributed by atoms with E-state index in [-0.39, 0.29) is 29.2 Å². The van der Waals surface area contributed by atoms with Gasteiger partial charge < -0.3 is 10.1 Å². The minimum Gasteiger partial charge on any atom is -0.496 e. The van der Waals surface area contributed by atoms with Crippen LogP contribution in [0.5, 0.6) is 5.75 Å². The molecule has 0 fully saturated rings. The average molecular weight is 457 g/mol. The van der Waals surface area contributed by atoms with Crippen LogP contribution in [-0.4, -0.2) is 32.8 Å². The molecule has 0 aliphatic carbocycles. The van der Waals surface area contributed by atoms with Crippen molar-refractivity contribution in [2.24, 2.45) is 0 Å². The maximum absolute atomic E-state index is 13.1. The molecule has 168 valence electrons. The van der Waals surface area contributed by atoms with Crippen LogP contribution in [-0.2, 0) is 16.6 Å². The summed E-state index contributed by atoms with van der Waals surface area (Å²) in [5, 5.41) is 2.87. The third-order valence-corrected chi connectivity index (χ3v) is 6.92. The number of nitrogens with zero attached hydrogens (tertiary/aromatic N) is 1. The highest BCUT2D eigenvalue weighted by Crippen LogP contribution is 2.25. The normalized spacial score (nSPS) is 12.4. The van der Waals surface area contributed by atoms with Gasteiger partial charge in [-0.15, -0.1) is 0 Å². The van der Waals surface area contributed by atoms with Gasteiger partial charge in [-0.05, 0) is 55.0 Å². The number of carbonyl (C=O) groups excluding carboxylic acids is 1. The van der Waals surface area contributed by atoms with Gasteiger partial charge in [-0.25, -0.2) is 12.8 Å². The number of nitrogens with one attached hydrogen (secondary N) is 1. The predicted octanol–water partition coefficient (Wildman–Crippen LogP) is 4.15. The Kier molecular flexibility index (Phi) is 7.27. The molecule has 6 nitrogen and oxygen atoms in total. The van der Waals surface area contributed by atoms with Gasteiger partial charge in [-0.1, -0.05) is 30.3 Å². The molecule has 1 amide bonds. The Morgan fingerprint density at radius 1 is 1.06 bits per heavy atom. The number of rotatable bonds is 8. The minimum absolute atomic E-state index is 0.0229. The Balaban J connectivity index is 1.80. The van der Waals surface area contributed by atoms with Crippen molar-refractivity contribution in [3.63, 3.8) is 0 Å². The number of amides is 1. The first-order valence-electron chi connectivity index (χ1n) is 9.97. The highest BCUT2D eigenvalue weighted by atomic mass is 32.2. The monoisotopic (exact) mass is 456 g/mol. The fourth-order valence-electron chi connectivity index (χ4n) is 3.26. The van der Waals surface area contributed by atoms with Crippen LogP contribution in [0.1, 0.15) is 34.5 Å². The summed E-state index contributed by atoms with van der Waals surface area (Å²) in [7, 11) is -0.743. The van der Waals surface area contributed by atoms with Crippen LogP contribution in [0.15, 0.2) is 77.7 Å². The third kappa shape index (κ3) is 5.33. The molecule has 8 heteroatoms. The molecule has 0 spiro atoms. The predicted molar refractivity (Wildman–Crippen MR) is 120 cm³/mol. The lowest BCUT2D eigenvalue weighted by molar-refractivity contribution is 0.0939. The molecule has 1 N–H and O–H groups in total. The number of sulfonamides is 1. The first-order chi connectivity index (χ1) is 15.2. The zero-order valence-electron chi connectivity index (χ0n) is 18.1. The van der Waals surface area contributed by atoms with Crippen molar-refractivity contribution in [2.75, 3.05) is 14.2 Å². The van der Waals surface area contributed by atoms with E-state index in [0.29, 0.717) is 16.9 Å². The van der Waals surface area contributed by atoms with Gasteiger partial charge in [0.25, 0.3) is 5.91 Å². The number of methoxy groups -OCH3 is 1. The molecule has 1 unspecified atom stereocenters. The average Bonchev–Trinajstić information content (AvgIpc) is 2.79. The second-order valence-electron chi connectivity index (χ2n) is 7.35. The van der Waals surface area contributed by atoms with Crippen LogP contribution in [0.4, 0.5) is 4.39 Å². The zero-order valence-corrected chi connectivity index (χ0v) is 18.9. The van der Waals surface area contributed by atoms with Gasteiger partial charge in [0.15, 0.2) is 0 Å². The molecule has 0 aliphatic rings. The van der Waals surface area contributed by atoms with Crippen molar-refractivity contribution in [3.8, 4) is 5.75 Å². The molecule has 0 bridgehead atoms. The fourth-order valence-corrected chi connectivity index (χ4v) is 4.43. The number of benzene rings is 3. The lowest BCUT2D eigenvalue weighted by atomic mass is 10.1. The molecule has 0 radical (unpaired) electrons. The van der Waals surface area contributed by atoms with E-state index in [9.17, 15) is 17.6 Å². The van der Waals surface area contributed by atoms with Gasteiger partial charge >= 0.3 is 0 Å². The highest BCUT2D eigenvalue weighted by Gasteiger charge is 2.22. The fraction of sp³-hybridized carbons (Fsp3) is 0.208. The molecule has 3 rings (SSSR count). The van der Waals surface area contributed by atoms with E-state index in [4.69, 9.17) is 4.74 Å². The van der Waals surface area contributed by atoms with E-state index in [1.807, 2.05) is 0 Å². The van der Waals surface area contributed by atoms with Crippen LogP contribution in [0.25, 0.3) is 0 Å². The van der Waals surface area contributed by atoms with Gasteiger partial charge in [-0.2, -0.15) is 4.31 Å². The molecule has 32 heavy (non-hydrogen) atoms. The lowest BCUT2D eigenvalue weighted by Crippen LogP contribution is -2.28. The standard InChI is InChI=1S/C24H25FN2O4S/c1-17(18-9-12-21(25)13-10-18)26-24(28)19-11-14-23(31-3)20(15-19)16-27(2)32(29,30)22-7-5-4-6-8-22/h4-15,17H,16H2,1-3H3,(H,26,28). The summed E-state index contributed by atoms with van der Waals surface area (Å²) >= 11 is 0. The van der Waals surface area contributed by atoms with E-state index in [1.165, 1.54) is 42.7 Å². The van der Waals surface area contributed by atoms with Gasteiger partial charge in [0.1, 0.15) is 11.6 Å². The number of hydrogen-bond acceptors (Lipinski definition) is 4. The van der Waals surface area contributed by atoms with Crippen molar-refractivity contribution in [2.45, 2.75) is 24.4 Å². The van der Waals surface area contributed by atoms with Crippen molar-refractivity contribution in [1.29, 1.82) is 0 Å². The van der Waals surface area contributed by atoms with Crippen LogP contribution in [0, 0.1) is 5.82 Å². The molecule has 3 aromatic rings. The van der Waals surface area contributed by atoms with E-state index in [1.54, 1.807) is 55.5 Å². The summed E-state index contributed by atoms with van der Waals surface area (Å²) < 4.78 is 45.4. The third-order valence-electron chi connectivity index (χ3n) is 5.10. The second-order valence-corrected chi connectivity index (χ2v) is 9.39. The van der Waals surface area contributed by atoms with Crippen LogP contribution in [0.3, 0.4) is 0 Å². The molecule has 3 aromatic carbocycles. The van der Waals surface area contributed by atoms with Crippen LogP contribution >= 0.6 is 0 Å². The molecule has 0 aromatic heterocycles. The number of ether oxygens (including phenoxy) is 1. The maximum atomic E-state index is 13.1. The van der Waals surface area contributed by atoms with E-state index in [0.717, 1.165) is 5.56 Å². The summed E-state index contributed by atoms with van der Waals surface area (Å²) in [5.74, 6) is -0.204. The largest absolute Gasteiger partial charge is 0.496 e. The second kappa shape index (κ2) is 9.93. The summed E-state index contributed by atoms with van der Waals surface area (Å²) in [4.78, 5) is 13.0. The molecule has 1 atom stereocenters. The highest BCUT2D eigenvalue weighted by molar-refractivity contribution is 7.89. The number of halogens is 1. The number of carbonyl (C=O) groups is 1. The molecule has 0 heterocycles. The zero-order chi connectivity index (χ0) is 23.3. The first-order valence-corrected chi connectivity index (χ1v) is 11.4. The topological polar surface area (TPSA) is 75.7 Å². The lowest BCUT2D eigenvalue weighted by Gasteiger charge is -2.20. The molecule has 0 saturated carbocycles. The Morgan fingerprint density at radius 3 is 2.34 bits per heavy atom. The quantitative estimate of drug-likeness (QED) is 0.553. The van der Waals surface area contributed by atoms with Gasteiger partial charge in [0.05, 0.1) is 18.0 Å². The molecular formula is C24H25FN2O4S. The van der Waals surface area contributed by atoms with Crippen molar-refractivity contribution in [1.82, 2.24) is 9.62 Å². The minimum atomic E-state index is -3.71. The van der Waals surface area contributed by atoms with Gasteiger partial charge in [-0.3, -0.25) is 4.79 Å². The smallest absolute Gasteiger partial charge is 0.251 e. The Labute approximate surface area is 187 Å². The summed E-state index contributed by atoms with van der Waals surface area (Å²) in [5.41, 5.74) is 1.68. The molecular weight excluding hydrogens is 431 g/mol. The van der Waals surface area contributed by atoms with E-state index in [2.05, 4.69) is 5.32 Å². The summed E-state index contributed by atoms with van der Waals surface area (Å²) in [6.45, 7) is 1.82. The molecule has 0 saturated heterocycles. The van der Waals surface area contributed by atoms with Crippen LogP contribution < -0.4 is 10.1 Å². The van der Waals surface area contributed by atoms with Gasteiger partial charge in [0.2, 0.25) is 10.0 Å². The van der Waals surface area contributed by atoms with E-state index < -0.39 is 10.0 Å². The van der Waals surface area contributed by atoms with E-state index >= 15 is 0 Å². The van der Waals surface area contributed by atoms with Crippen molar-refractivity contribution in [3.05, 3.63) is 95.3 Å². The summed E-state index contributed by atoms with van der Waals surface area (Å²) in [6.07, 6.45) is 0. The maximum Gasteiger partial charge on any atom is 0.251 e. The summed E-state index contributed by atoms with van der Waals surface area (Å²) in [6, 6.07) is 18.6. The molecule has 0 aliphatic heterocycles. The Bertz CT molecular complexity index is 1180.